The Morgan fingerprint density at radius 1 is 1.32 bits per heavy atom. The number of aromatic nitrogens is 2. The van der Waals surface area contributed by atoms with Gasteiger partial charge in [0.05, 0.1) is 11.9 Å². The standard InChI is InChI=1S/C15H22N4O5S/c1-17-11-13(10-16-17)12-18(14(20)4-5-15(21)22)8-9-25(23,24)19-6-2-3-7-19/h4-5,10-11H,2-3,6-9,12H2,1H3,(H,21,22). The van der Waals surface area contributed by atoms with Gasteiger partial charge in [0.1, 0.15) is 0 Å². The average molecular weight is 370 g/mol. The highest BCUT2D eigenvalue weighted by atomic mass is 32.2. The van der Waals surface area contributed by atoms with Gasteiger partial charge in [-0.2, -0.15) is 5.10 Å². The maximum atomic E-state index is 12.3. The van der Waals surface area contributed by atoms with Crippen LogP contribution in [0.1, 0.15) is 18.4 Å². The molecule has 0 saturated carbocycles. The molecule has 1 fully saturated rings. The van der Waals surface area contributed by atoms with Crippen LogP contribution < -0.4 is 0 Å². The molecule has 0 aromatic carbocycles. The minimum absolute atomic E-state index is 0.0173. The third-order valence-electron chi connectivity index (χ3n) is 3.89. The molecule has 25 heavy (non-hydrogen) atoms. The molecule has 0 spiro atoms. The average Bonchev–Trinajstić information content (AvgIpc) is 3.21. The van der Waals surface area contributed by atoms with Crippen LogP contribution in [0.25, 0.3) is 0 Å². The first-order chi connectivity index (χ1) is 11.8. The van der Waals surface area contributed by atoms with E-state index in [-0.39, 0.29) is 18.8 Å². The Morgan fingerprint density at radius 3 is 2.56 bits per heavy atom. The third-order valence-corrected chi connectivity index (χ3v) is 5.74. The summed E-state index contributed by atoms with van der Waals surface area (Å²) in [7, 11) is -1.69. The van der Waals surface area contributed by atoms with Crippen molar-refractivity contribution in [3.05, 3.63) is 30.1 Å². The van der Waals surface area contributed by atoms with Crippen molar-refractivity contribution in [1.29, 1.82) is 0 Å². The Kier molecular flexibility index (Phi) is 6.32. The molecule has 2 heterocycles. The van der Waals surface area contributed by atoms with Gasteiger partial charge in [0.15, 0.2) is 0 Å². The Balaban J connectivity index is 2.07. The number of aliphatic carboxylic acids is 1. The third kappa shape index (κ3) is 5.68. The molecule has 10 heteroatoms. The highest BCUT2D eigenvalue weighted by Crippen LogP contribution is 2.14. The summed E-state index contributed by atoms with van der Waals surface area (Å²) in [6, 6.07) is 0. The van der Waals surface area contributed by atoms with Crippen LogP contribution in [-0.2, 0) is 33.2 Å². The molecule has 1 saturated heterocycles. The van der Waals surface area contributed by atoms with E-state index in [1.165, 1.54) is 9.21 Å². The predicted octanol–water partition coefficient (Wildman–Crippen LogP) is -0.185. The number of sulfonamides is 1. The number of hydrogen-bond donors (Lipinski definition) is 1. The van der Waals surface area contributed by atoms with Crippen LogP contribution in [0.3, 0.4) is 0 Å². The van der Waals surface area contributed by atoms with Crippen LogP contribution in [0.5, 0.6) is 0 Å². The summed E-state index contributed by atoms with van der Waals surface area (Å²) in [6.45, 7) is 1.16. The van der Waals surface area contributed by atoms with Gasteiger partial charge >= 0.3 is 5.97 Å². The number of nitrogens with zero attached hydrogens (tertiary/aromatic N) is 4. The molecule has 1 aromatic rings. The lowest BCUT2D eigenvalue weighted by Gasteiger charge is -2.22. The summed E-state index contributed by atoms with van der Waals surface area (Å²) in [4.78, 5) is 24.2. The van der Waals surface area contributed by atoms with Gasteiger partial charge in [-0.05, 0) is 12.8 Å². The smallest absolute Gasteiger partial charge is 0.328 e. The second kappa shape index (κ2) is 8.26. The SMILES string of the molecule is Cn1cc(CN(CCS(=O)(=O)N2CCCC2)C(=O)C=CC(=O)O)cn1. The van der Waals surface area contributed by atoms with E-state index in [1.54, 1.807) is 24.1 Å². The van der Waals surface area contributed by atoms with E-state index in [2.05, 4.69) is 5.10 Å². The highest BCUT2D eigenvalue weighted by Gasteiger charge is 2.26. The minimum atomic E-state index is -3.43. The normalized spacial score (nSPS) is 15.7. The van der Waals surface area contributed by atoms with Crippen molar-refractivity contribution in [2.24, 2.45) is 7.05 Å². The monoisotopic (exact) mass is 370 g/mol. The number of carbonyl (C=O) groups is 2. The second-order valence-corrected chi connectivity index (χ2v) is 7.96. The number of aryl methyl sites for hydroxylation is 1. The molecule has 0 bridgehead atoms. The Morgan fingerprint density at radius 2 is 2.00 bits per heavy atom. The number of amides is 1. The summed E-state index contributed by atoms with van der Waals surface area (Å²) in [5.74, 6) is -1.98. The summed E-state index contributed by atoms with van der Waals surface area (Å²) >= 11 is 0. The van der Waals surface area contributed by atoms with E-state index in [0.29, 0.717) is 13.1 Å². The molecule has 1 aliphatic heterocycles. The van der Waals surface area contributed by atoms with Crippen molar-refractivity contribution < 1.29 is 23.1 Å². The zero-order valence-electron chi connectivity index (χ0n) is 14.0. The first-order valence-electron chi connectivity index (χ1n) is 7.93. The predicted molar refractivity (Wildman–Crippen MR) is 90.0 cm³/mol. The summed E-state index contributed by atoms with van der Waals surface area (Å²) in [6.07, 6.45) is 6.67. The maximum Gasteiger partial charge on any atom is 0.328 e. The van der Waals surface area contributed by atoms with Crippen molar-refractivity contribution in [2.75, 3.05) is 25.4 Å². The summed E-state index contributed by atoms with van der Waals surface area (Å²) in [5, 5.41) is 12.7. The first-order valence-corrected chi connectivity index (χ1v) is 9.54. The molecule has 1 aromatic heterocycles. The van der Waals surface area contributed by atoms with E-state index in [9.17, 15) is 18.0 Å². The van der Waals surface area contributed by atoms with Gasteiger partial charge in [-0.1, -0.05) is 0 Å². The summed E-state index contributed by atoms with van der Waals surface area (Å²) < 4.78 is 27.7. The van der Waals surface area contributed by atoms with Crippen LogP contribution >= 0.6 is 0 Å². The van der Waals surface area contributed by atoms with E-state index in [1.807, 2.05) is 0 Å². The van der Waals surface area contributed by atoms with Crippen LogP contribution in [0.15, 0.2) is 24.5 Å². The van der Waals surface area contributed by atoms with Crippen LogP contribution in [0.2, 0.25) is 0 Å². The molecule has 0 aliphatic carbocycles. The summed E-state index contributed by atoms with van der Waals surface area (Å²) in [5.41, 5.74) is 0.734. The number of carboxylic acid groups (broad SMARTS) is 1. The fourth-order valence-corrected chi connectivity index (χ4v) is 4.13. The van der Waals surface area contributed by atoms with E-state index in [0.717, 1.165) is 30.6 Å². The largest absolute Gasteiger partial charge is 0.478 e. The quantitative estimate of drug-likeness (QED) is 0.635. The number of hydrogen-bond acceptors (Lipinski definition) is 5. The van der Waals surface area contributed by atoms with Gasteiger partial charge in [0.2, 0.25) is 15.9 Å². The fraction of sp³-hybridized carbons (Fsp3) is 0.533. The van der Waals surface area contributed by atoms with E-state index >= 15 is 0 Å². The van der Waals surface area contributed by atoms with Crippen LogP contribution in [-0.4, -0.2) is 69.8 Å². The zero-order chi connectivity index (χ0) is 18.4. The molecule has 0 unspecified atom stereocenters. The van der Waals surface area contributed by atoms with Crippen molar-refractivity contribution in [3.8, 4) is 0 Å². The fourth-order valence-electron chi connectivity index (χ4n) is 2.61. The van der Waals surface area contributed by atoms with Gasteiger partial charge < -0.3 is 10.0 Å². The molecule has 0 atom stereocenters. The Bertz CT molecular complexity index is 750. The molecule has 1 amide bonds. The molecule has 1 N–H and O–H groups in total. The second-order valence-electron chi connectivity index (χ2n) is 5.88. The lowest BCUT2D eigenvalue weighted by Crippen LogP contribution is -2.38. The van der Waals surface area contributed by atoms with E-state index in [4.69, 9.17) is 5.11 Å². The number of rotatable bonds is 8. The Hall–Kier alpha value is -2.20. The lowest BCUT2D eigenvalue weighted by atomic mass is 10.3. The molecular weight excluding hydrogens is 348 g/mol. The molecule has 1 aliphatic rings. The van der Waals surface area contributed by atoms with Crippen molar-refractivity contribution in [2.45, 2.75) is 19.4 Å². The van der Waals surface area contributed by atoms with Gasteiger partial charge in [0, 0.05) is 57.1 Å². The van der Waals surface area contributed by atoms with Gasteiger partial charge in [-0.3, -0.25) is 9.48 Å². The van der Waals surface area contributed by atoms with Crippen molar-refractivity contribution >= 4 is 21.9 Å². The molecule has 0 radical (unpaired) electrons. The Labute approximate surface area is 146 Å². The minimum Gasteiger partial charge on any atom is -0.478 e. The molecular formula is C15H22N4O5S. The molecule has 2 rings (SSSR count). The molecule has 9 nitrogen and oxygen atoms in total. The maximum absolute atomic E-state index is 12.3. The number of carbonyl (C=O) groups excluding carboxylic acids is 1. The lowest BCUT2D eigenvalue weighted by molar-refractivity contribution is -0.132. The van der Waals surface area contributed by atoms with Crippen molar-refractivity contribution in [3.63, 3.8) is 0 Å². The van der Waals surface area contributed by atoms with Gasteiger partial charge in [-0.15, -0.1) is 0 Å². The van der Waals surface area contributed by atoms with Gasteiger partial charge in [-0.25, -0.2) is 17.5 Å². The van der Waals surface area contributed by atoms with Gasteiger partial charge in [0.25, 0.3) is 0 Å². The van der Waals surface area contributed by atoms with Crippen LogP contribution in [0, 0.1) is 0 Å². The molecule has 138 valence electrons. The first kappa shape index (κ1) is 19.1. The van der Waals surface area contributed by atoms with Crippen molar-refractivity contribution in [1.82, 2.24) is 19.0 Å². The topological polar surface area (TPSA) is 113 Å². The van der Waals surface area contributed by atoms with Crippen LogP contribution in [0.4, 0.5) is 0 Å². The van der Waals surface area contributed by atoms with E-state index < -0.39 is 21.9 Å². The zero-order valence-corrected chi connectivity index (χ0v) is 14.9. The number of carboxylic acids is 1. The highest BCUT2D eigenvalue weighted by molar-refractivity contribution is 7.89.